The van der Waals surface area contributed by atoms with Crippen LogP contribution in [0.25, 0.3) is 0 Å². The van der Waals surface area contributed by atoms with Crippen LogP contribution in [-0.2, 0) is 0 Å². The fourth-order valence-corrected chi connectivity index (χ4v) is 5.30. The van der Waals surface area contributed by atoms with E-state index in [0.717, 1.165) is 35.9 Å². The first kappa shape index (κ1) is 17.3. The number of furan rings is 1. The van der Waals surface area contributed by atoms with Crippen LogP contribution < -0.4 is 5.32 Å². The van der Waals surface area contributed by atoms with E-state index in [-0.39, 0.29) is 17.6 Å². The van der Waals surface area contributed by atoms with Gasteiger partial charge in [-0.05, 0) is 55.4 Å². The number of likely N-dealkylation sites (tertiary alicyclic amines) is 1. The van der Waals surface area contributed by atoms with Crippen LogP contribution in [0.3, 0.4) is 0 Å². The van der Waals surface area contributed by atoms with Crippen LogP contribution in [-0.4, -0.2) is 29.8 Å². The summed E-state index contributed by atoms with van der Waals surface area (Å²) in [7, 11) is 0. The van der Waals surface area contributed by atoms with Crippen molar-refractivity contribution in [3.63, 3.8) is 0 Å². The number of carbonyl (C=O) groups is 2. The maximum absolute atomic E-state index is 13.0. The lowest BCUT2D eigenvalue weighted by molar-refractivity contribution is 0.0524. The van der Waals surface area contributed by atoms with E-state index >= 15 is 0 Å². The summed E-state index contributed by atoms with van der Waals surface area (Å²) in [4.78, 5) is 27.9. The number of carbonyl (C=O) groups excluding carboxylic acids is 2. The molecular formula is C20H24N2O3S. The van der Waals surface area contributed by atoms with Crippen molar-refractivity contribution in [2.45, 2.75) is 39.0 Å². The fraction of sp³-hybridized carbons (Fsp3) is 0.500. The molecule has 1 aliphatic carbocycles. The van der Waals surface area contributed by atoms with Crippen molar-refractivity contribution < 1.29 is 14.0 Å². The van der Waals surface area contributed by atoms with E-state index < -0.39 is 0 Å². The zero-order valence-corrected chi connectivity index (χ0v) is 15.8. The Kier molecular flexibility index (Phi) is 4.85. The summed E-state index contributed by atoms with van der Waals surface area (Å²) in [5.74, 6) is 1.55. The highest BCUT2D eigenvalue weighted by Crippen LogP contribution is 2.37. The van der Waals surface area contributed by atoms with Crippen molar-refractivity contribution in [1.82, 2.24) is 4.90 Å². The minimum atomic E-state index is -0.293. The summed E-state index contributed by atoms with van der Waals surface area (Å²) in [6.45, 7) is 3.67. The molecule has 0 spiro atoms. The second kappa shape index (κ2) is 7.27. The molecule has 5 nitrogen and oxygen atoms in total. The topological polar surface area (TPSA) is 62.6 Å². The Morgan fingerprint density at radius 2 is 2.04 bits per heavy atom. The second-order valence-corrected chi connectivity index (χ2v) is 8.45. The maximum Gasteiger partial charge on any atom is 0.291 e. The van der Waals surface area contributed by atoms with Crippen molar-refractivity contribution in [3.8, 4) is 0 Å². The van der Waals surface area contributed by atoms with E-state index in [0.29, 0.717) is 10.9 Å². The van der Waals surface area contributed by atoms with Gasteiger partial charge >= 0.3 is 0 Å². The lowest BCUT2D eigenvalue weighted by Crippen LogP contribution is -2.44. The van der Waals surface area contributed by atoms with Crippen LogP contribution in [0.4, 0.5) is 5.00 Å². The predicted octanol–water partition coefficient (Wildman–Crippen LogP) is 4.55. The van der Waals surface area contributed by atoms with Gasteiger partial charge < -0.3 is 14.6 Å². The number of nitrogens with zero attached hydrogens (tertiary/aromatic N) is 1. The molecule has 26 heavy (non-hydrogen) atoms. The molecular weight excluding hydrogens is 348 g/mol. The van der Waals surface area contributed by atoms with Crippen molar-refractivity contribution in [3.05, 3.63) is 40.7 Å². The number of rotatable bonds is 3. The molecule has 2 amide bonds. The molecule has 3 heterocycles. The molecule has 6 heteroatoms. The number of anilines is 1. The van der Waals surface area contributed by atoms with Crippen molar-refractivity contribution in [2.75, 3.05) is 18.4 Å². The van der Waals surface area contributed by atoms with Gasteiger partial charge in [-0.15, -0.1) is 11.3 Å². The van der Waals surface area contributed by atoms with Gasteiger partial charge in [-0.1, -0.05) is 19.3 Å². The molecule has 2 aliphatic rings. The van der Waals surface area contributed by atoms with Gasteiger partial charge in [-0.25, -0.2) is 0 Å². The molecule has 2 aromatic rings. The van der Waals surface area contributed by atoms with Crippen molar-refractivity contribution in [2.24, 2.45) is 11.8 Å². The minimum Gasteiger partial charge on any atom is -0.459 e. The zero-order chi connectivity index (χ0) is 18.1. The Morgan fingerprint density at radius 1 is 1.23 bits per heavy atom. The Balaban J connectivity index is 1.45. The Hall–Kier alpha value is -2.08. The van der Waals surface area contributed by atoms with Gasteiger partial charge in [0.15, 0.2) is 5.76 Å². The van der Waals surface area contributed by atoms with Gasteiger partial charge in [-0.3, -0.25) is 9.59 Å². The first-order chi connectivity index (χ1) is 12.6. The molecule has 2 aromatic heterocycles. The minimum absolute atomic E-state index is 0.107. The molecule has 1 N–H and O–H groups in total. The summed E-state index contributed by atoms with van der Waals surface area (Å²) in [5, 5.41) is 3.50. The van der Waals surface area contributed by atoms with Crippen LogP contribution in [0.5, 0.6) is 0 Å². The molecule has 0 bridgehead atoms. The van der Waals surface area contributed by atoms with Crippen LogP contribution in [0.2, 0.25) is 0 Å². The van der Waals surface area contributed by atoms with E-state index in [2.05, 4.69) is 5.32 Å². The number of nitrogens with one attached hydrogen (secondary N) is 1. The van der Waals surface area contributed by atoms with Crippen LogP contribution in [0, 0.1) is 18.8 Å². The quantitative estimate of drug-likeness (QED) is 0.859. The van der Waals surface area contributed by atoms with Gasteiger partial charge in [0.25, 0.3) is 11.8 Å². The Bertz CT molecular complexity index is 796. The highest BCUT2D eigenvalue weighted by molar-refractivity contribution is 7.18. The molecule has 2 atom stereocenters. The standard InChI is InChI=1S/C20H24N2O3S/c1-13-11-17(21-19(23)16-7-4-10-25-16)26-18(13)20(24)22-9-8-14-5-2-3-6-15(14)12-22/h4,7,10-11,14-15H,2-3,5-6,8-9,12H2,1H3,(H,21,23)/t14-,15+/m1/s1. The smallest absolute Gasteiger partial charge is 0.291 e. The normalized spacial score (nSPS) is 22.7. The van der Waals surface area contributed by atoms with Gasteiger partial charge in [-0.2, -0.15) is 0 Å². The Morgan fingerprint density at radius 3 is 2.81 bits per heavy atom. The molecule has 0 unspecified atom stereocenters. The van der Waals surface area contributed by atoms with Gasteiger partial charge in [0.05, 0.1) is 16.1 Å². The monoisotopic (exact) mass is 372 g/mol. The molecule has 1 saturated carbocycles. The average molecular weight is 372 g/mol. The van der Waals surface area contributed by atoms with E-state index in [9.17, 15) is 9.59 Å². The average Bonchev–Trinajstić information content (AvgIpc) is 3.30. The fourth-order valence-electron chi connectivity index (χ4n) is 4.27. The summed E-state index contributed by atoms with van der Waals surface area (Å²) < 4.78 is 5.11. The van der Waals surface area contributed by atoms with E-state index in [1.54, 1.807) is 12.1 Å². The SMILES string of the molecule is Cc1cc(NC(=O)c2ccco2)sc1C(=O)N1CC[C@H]2CCCC[C@H]2C1. The predicted molar refractivity (Wildman–Crippen MR) is 102 cm³/mol. The van der Waals surface area contributed by atoms with Crippen LogP contribution >= 0.6 is 11.3 Å². The number of aryl methyl sites for hydroxylation is 1. The number of fused-ring (bicyclic) bond motifs is 1. The lowest BCUT2D eigenvalue weighted by Gasteiger charge is -2.41. The van der Waals surface area contributed by atoms with Crippen molar-refractivity contribution in [1.29, 1.82) is 0 Å². The number of thiophene rings is 1. The Labute approximate surface area is 157 Å². The second-order valence-electron chi connectivity index (χ2n) is 7.40. The van der Waals surface area contributed by atoms with E-state index in [4.69, 9.17) is 4.42 Å². The number of hydrogen-bond acceptors (Lipinski definition) is 4. The highest BCUT2D eigenvalue weighted by Gasteiger charge is 2.34. The van der Waals surface area contributed by atoms with Crippen LogP contribution in [0.15, 0.2) is 28.9 Å². The molecule has 138 valence electrons. The molecule has 0 radical (unpaired) electrons. The molecule has 0 aromatic carbocycles. The number of amides is 2. The third-order valence-corrected chi connectivity index (χ3v) is 6.81. The third-order valence-electron chi connectivity index (χ3n) is 5.67. The van der Waals surface area contributed by atoms with E-state index in [1.165, 1.54) is 43.3 Å². The maximum atomic E-state index is 13.0. The van der Waals surface area contributed by atoms with Crippen LogP contribution in [0.1, 0.15) is 57.9 Å². The number of hydrogen-bond donors (Lipinski definition) is 1. The highest BCUT2D eigenvalue weighted by atomic mass is 32.1. The zero-order valence-electron chi connectivity index (χ0n) is 15.0. The first-order valence-corrected chi connectivity index (χ1v) is 10.2. The van der Waals surface area contributed by atoms with Crippen molar-refractivity contribution >= 4 is 28.2 Å². The summed E-state index contributed by atoms with van der Waals surface area (Å²) in [5.41, 5.74) is 0.917. The van der Waals surface area contributed by atoms with Gasteiger partial charge in [0.2, 0.25) is 0 Å². The number of piperidine rings is 1. The largest absolute Gasteiger partial charge is 0.459 e. The van der Waals surface area contributed by atoms with Gasteiger partial charge in [0.1, 0.15) is 0 Å². The first-order valence-electron chi connectivity index (χ1n) is 9.36. The van der Waals surface area contributed by atoms with Gasteiger partial charge in [0, 0.05) is 13.1 Å². The molecule has 2 fully saturated rings. The van der Waals surface area contributed by atoms with E-state index in [1.807, 2.05) is 17.9 Å². The molecule has 1 aliphatic heterocycles. The summed E-state index contributed by atoms with van der Waals surface area (Å²) >= 11 is 1.35. The molecule has 4 rings (SSSR count). The lowest BCUT2D eigenvalue weighted by atomic mass is 9.75. The summed E-state index contributed by atoms with van der Waals surface area (Å²) in [6, 6.07) is 5.17. The third kappa shape index (κ3) is 3.43. The molecule has 1 saturated heterocycles. The summed E-state index contributed by atoms with van der Waals surface area (Å²) in [6.07, 6.45) is 7.82.